The minimum Gasteiger partial charge on any atom is -0.482 e. The van der Waals surface area contributed by atoms with Gasteiger partial charge in [-0.3, -0.25) is 9.59 Å². The first kappa shape index (κ1) is 12.9. The lowest BCUT2D eigenvalue weighted by Gasteiger charge is -2.18. The molecule has 2 heterocycles. The average molecular weight is 276 g/mol. The van der Waals surface area contributed by atoms with Crippen LogP contribution in [0.4, 0.5) is 5.69 Å². The molecule has 0 unspecified atom stereocenters. The molecule has 0 radical (unpaired) electrons. The number of ether oxygens (including phenoxy) is 2. The molecule has 2 N–H and O–H groups in total. The number of fused-ring (bicyclic) bond motifs is 1. The largest absolute Gasteiger partial charge is 0.482 e. The summed E-state index contributed by atoms with van der Waals surface area (Å²) in [5, 5.41) is 5.53. The van der Waals surface area contributed by atoms with Crippen molar-refractivity contribution in [1.29, 1.82) is 0 Å². The van der Waals surface area contributed by atoms with E-state index in [0.717, 1.165) is 19.4 Å². The first-order chi connectivity index (χ1) is 9.72. The van der Waals surface area contributed by atoms with Crippen molar-refractivity contribution in [2.24, 2.45) is 0 Å². The second-order valence-corrected chi connectivity index (χ2v) is 4.89. The van der Waals surface area contributed by atoms with Gasteiger partial charge in [-0.25, -0.2) is 0 Å². The van der Waals surface area contributed by atoms with E-state index >= 15 is 0 Å². The Bertz CT molecular complexity index is 538. The van der Waals surface area contributed by atoms with Crippen molar-refractivity contribution in [3.05, 3.63) is 23.8 Å². The highest BCUT2D eigenvalue weighted by molar-refractivity contribution is 5.99. The Kier molecular flexibility index (Phi) is 3.56. The predicted molar refractivity (Wildman–Crippen MR) is 71.9 cm³/mol. The third-order valence-corrected chi connectivity index (χ3v) is 3.39. The number of nitrogens with one attached hydrogen (secondary N) is 2. The van der Waals surface area contributed by atoms with Crippen LogP contribution in [0, 0.1) is 0 Å². The van der Waals surface area contributed by atoms with Gasteiger partial charge in [0.1, 0.15) is 5.75 Å². The van der Waals surface area contributed by atoms with E-state index in [1.165, 1.54) is 0 Å². The fourth-order valence-electron chi connectivity index (χ4n) is 2.34. The van der Waals surface area contributed by atoms with Gasteiger partial charge in [-0.15, -0.1) is 0 Å². The minimum atomic E-state index is -0.214. The van der Waals surface area contributed by atoms with Crippen LogP contribution in [0.15, 0.2) is 18.2 Å². The second-order valence-electron chi connectivity index (χ2n) is 4.89. The molecule has 2 aliphatic rings. The molecular formula is C14H16N2O4. The van der Waals surface area contributed by atoms with E-state index in [9.17, 15) is 9.59 Å². The third kappa shape index (κ3) is 2.75. The Balaban J connectivity index is 1.65. The zero-order valence-electron chi connectivity index (χ0n) is 11.0. The number of hydrogen-bond acceptors (Lipinski definition) is 4. The number of benzene rings is 1. The van der Waals surface area contributed by atoms with E-state index in [1.807, 2.05) is 0 Å². The monoisotopic (exact) mass is 276 g/mol. The van der Waals surface area contributed by atoms with Crippen molar-refractivity contribution >= 4 is 17.5 Å². The van der Waals surface area contributed by atoms with E-state index in [4.69, 9.17) is 9.47 Å². The average Bonchev–Trinajstić information content (AvgIpc) is 2.97. The normalized spacial score (nSPS) is 20.8. The van der Waals surface area contributed by atoms with Crippen molar-refractivity contribution in [3.8, 4) is 5.75 Å². The minimum absolute atomic E-state index is 0.0115. The fourth-order valence-corrected chi connectivity index (χ4v) is 2.34. The fraction of sp³-hybridized carbons (Fsp3) is 0.429. The number of rotatable bonds is 3. The molecule has 0 aliphatic carbocycles. The molecule has 1 atom stereocenters. The van der Waals surface area contributed by atoms with Crippen LogP contribution < -0.4 is 15.4 Å². The molecular weight excluding hydrogens is 260 g/mol. The Morgan fingerprint density at radius 3 is 3.15 bits per heavy atom. The first-order valence-corrected chi connectivity index (χ1v) is 6.69. The SMILES string of the molecule is O=C1COc2ccc(C(=O)NC[C@@H]3CCCO3)cc2N1. The van der Waals surface area contributed by atoms with Crippen LogP contribution in [0.2, 0.25) is 0 Å². The zero-order chi connectivity index (χ0) is 13.9. The molecule has 1 aromatic rings. The van der Waals surface area contributed by atoms with E-state index < -0.39 is 0 Å². The predicted octanol–water partition coefficient (Wildman–Crippen LogP) is 0.926. The highest BCUT2D eigenvalue weighted by Crippen LogP contribution is 2.28. The highest BCUT2D eigenvalue weighted by atomic mass is 16.5. The Hall–Kier alpha value is -2.08. The molecule has 6 nitrogen and oxygen atoms in total. The first-order valence-electron chi connectivity index (χ1n) is 6.69. The lowest BCUT2D eigenvalue weighted by molar-refractivity contribution is -0.118. The highest BCUT2D eigenvalue weighted by Gasteiger charge is 2.19. The topological polar surface area (TPSA) is 76.7 Å². The molecule has 1 saturated heterocycles. The van der Waals surface area contributed by atoms with Crippen LogP contribution in [0.25, 0.3) is 0 Å². The van der Waals surface area contributed by atoms with Crippen LogP contribution in [-0.4, -0.2) is 37.7 Å². The maximum Gasteiger partial charge on any atom is 0.262 e. The molecule has 6 heteroatoms. The molecule has 106 valence electrons. The summed E-state index contributed by atoms with van der Waals surface area (Å²) >= 11 is 0. The molecule has 3 rings (SSSR count). The van der Waals surface area contributed by atoms with Gasteiger partial charge in [0.2, 0.25) is 0 Å². The summed E-state index contributed by atoms with van der Waals surface area (Å²) in [4.78, 5) is 23.3. The van der Waals surface area contributed by atoms with E-state index in [2.05, 4.69) is 10.6 Å². The van der Waals surface area contributed by atoms with Crippen molar-refractivity contribution in [1.82, 2.24) is 5.32 Å². The lowest BCUT2D eigenvalue weighted by atomic mass is 10.1. The van der Waals surface area contributed by atoms with Gasteiger partial charge < -0.3 is 20.1 Å². The molecule has 0 saturated carbocycles. The molecule has 2 aliphatic heterocycles. The summed E-state index contributed by atoms with van der Waals surface area (Å²) in [5.41, 5.74) is 1.03. The summed E-state index contributed by atoms with van der Waals surface area (Å²) in [6.07, 6.45) is 2.14. The number of amides is 2. The maximum absolute atomic E-state index is 12.0. The number of carbonyl (C=O) groups excluding carboxylic acids is 2. The Morgan fingerprint density at radius 2 is 2.35 bits per heavy atom. The molecule has 0 bridgehead atoms. The van der Waals surface area contributed by atoms with Crippen LogP contribution in [0.1, 0.15) is 23.2 Å². The van der Waals surface area contributed by atoms with Gasteiger partial charge in [0.25, 0.3) is 11.8 Å². The van der Waals surface area contributed by atoms with E-state index in [0.29, 0.717) is 23.5 Å². The summed E-state index contributed by atoms with van der Waals surface area (Å²) in [6, 6.07) is 4.99. The standard InChI is InChI=1S/C14H16N2O4/c17-13-8-20-12-4-3-9(6-11(12)16-13)14(18)15-7-10-2-1-5-19-10/h3-4,6,10H,1-2,5,7-8H2,(H,15,18)(H,16,17)/t10-/m0/s1. The lowest BCUT2D eigenvalue weighted by Crippen LogP contribution is -2.32. The van der Waals surface area contributed by atoms with Gasteiger partial charge in [-0.1, -0.05) is 0 Å². The quantitative estimate of drug-likeness (QED) is 0.861. The van der Waals surface area contributed by atoms with Gasteiger partial charge in [-0.05, 0) is 31.0 Å². The van der Waals surface area contributed by atoms with Gasteiger partial charge in [-0.2, -0.15) is 0 Å². The maximum atomic E-state index is 12.0. The van der Waals surface area contributed by atoms with Gasteiger partial charge in [0, 0.05) is 18.7 Å². The molecule has 2 amide bonds. The summed E-state index contributed by atoms with van der Waals surface area (Å²) in [6.45, 7) is 1.29. The van der Waals surface area contributed by atoms with Gasteiger partial charge in [0.05, 0.1) is 11.8 Å². The van der Waals surface area contributed by atoms with Crippen molar-refractivity contribution < 1.29 is 19.1 Å². The molecule has 20 heavy (non-hydrogen) atoms. The van der Waals surface area contributed by atoms with Crippen LogP contribution in [0.5, 0.6) is 5.75 Å². The zero-order valence-corrected chi connectivity index (χ0v) is 11.0. The second kappa shape index (κ2) is 5.50. The number of carbonyl (C=O) groups is 2. The number of hydrogen-bond donors (Lipinski definition) is 2. The smallest absolute Gasteiger partial charge is 0.262 e. The van der Waals surface area contributed by atoms with Crippen LogP contribution >= 0.6 is 0 Å². The Labute approximate surface area is 116 Å². The summed E-state index contributed by atoms with van der Waals surface area (Å²) in [5.74, 6) is 0.192. The van der Waals surface area contributed by atoms with Gasteiger partial charge >= 0.3 is 0 Å². The Morgan fingerprint density at radius 1 is 1.45 bits per heavy atom. The third-order valence-electron chi connectivity index (χ3n) is 3.39. The molecule has 1 fully saturated rings. The molecule has 1 aromatic carbocycles. The van der Waals surface area contributed by atoms with Crippen molar-refractivity contribution in [3.63, 3.8) is 0 Å². The number of anilines is 1. The van der Waals surface area contributed by atoms with Crippen molar-refractivity contribution in [2.45, 2.75) is 18.9 Å². The van der Waals surface area contributed by atoms with E-state index in [-0.39, 0.29) is 24.5 Å². The van der Waals surface area contributed by atoms with Gasteiger partial charge in [0.15, 0.2) is 6.61 Å². The van der Waals surface area contributed by atoms with Crippen LogP contribution in [0.3, 0.4) is 0 Å². The summed E-state index contributed by atoms with van der Waals surface area (Å²) < 4.78 is 10.7. The molecule has 0 spiro atoms. The summed E-state index contributed by atoms with van der Waals surface area (Å²) in [7, 11) is 0. The van der Waals surface area contributed by atoms with E-state index in [1.54, 1.807) is 18.2 Å². The van der Waals surface area contributed by atoms with Crippen molar-refractivity contribution in [2.75, 3.05) is 25.1 Å². The molecule has 0 aromatic heterocycles. The van der Waals surface area contributed by atoms with Crippen LogP contribution in [-0.2, 0) is 9.53 Å².